The van der Waals surface area contributed by atoms with Gasteiger partial charge in [0.05, 0.1) is 12.6 Å². The third kappa shape index (κ3) is 2.02. The van der Waals surface area contributed by atoms with Gasteiger partial charge in [0.1, 0.15) is 0 Å². The molecule has 0 saturated carbocycles. The molecule has 2 fully saturated rings. The third-order valence-electron chi connectivity index (χ3n) is 3.36. The Morgan fingerprint density at radius 2 is 2.42 bits per heavy atom. The first-order chi connectivity index (χ1) is 9.19. The number of rotatable bonds is 3. The first kappa shape index (κ1) is 11.9. The van der Waals surface area contributed by atoms with Crippen LogP contribution in [0.3, 0.4) is 0 Å². The Morgan fingerprint density at radius 1 is 1.58 bits per heavy atom. The minimum atomic E-state index is -0.638. The van der Waals surface area contributed by atoms with Gasteiger partial charge in [-0.25, -0.2) is 9.59 Å². The van der Waals surface area contributed by atoms with Gasteiger partial charge in [0, 0.05) is 12.6 Å². The topological polar surface area (TPSA) is 97.6 Å². The Balaban J connectivity index is 1.79. The van der Waals surface area contributed by atoms with Gasteiger partial charge in [-0.3, -0.25) is 0 Å². The summed E-state index contributed by atoms with van der Waals surface area (Å²) in [4.78, 5) is 28.9. The Kier molecular flexibility index (Phi) is 2.84. The molecule has 3 rings (SSSR count). The van der Waals surface area contributed by atoms with Gasteiger partial charge in [0.2, 0.25) is 0 Å². The van der Waals surface area contributed by atoms with Gasteiger partial charge in [-0.05, 0) is 19.8 Å². The lowest BCUT2D eigenvalue weighted by Crippen LogP contribution is -2.34. The molecular formula is C11H14N4O4. The van der Waals surface area contributed by atoms with Crippen molar-refractivity contribution in [1.29, 1.82) is 0 Å². The van der Waals surface area contributed by atoms with E-state index in [0.29, 0.717) is 12.4 Å². The van der Waals surface area contributed by atoms with Gasteiger partial charge >= 0.3 is 17.9 Å². The van der Waals surface area contributed by atoms with Crippen molar-refractivity contribution in [2.75, 3.05) is 13.2 Å². The molecule has 0 aliphatic carbocycles. The highest BCUT2D eigenvalue weighted by molar-refractivity contribution is 5.84. The molecule has 0 spiro atoms. The number of nitrogens with one attached hydrogen (secondary N) is 1. The summed E-state index contributed by atoms with van der Waals surface area (Å²) in [7, 11) is 0. The van der Waals surface area contributed by atoms with Gasteiger partial charge in [0.15, 0.2) is 5.82 Å². The lowest BCUT2D eigenvalue weighted by Gasteiger charge is -2.27. The van der Waals surface area contributed by atoms with Gasteiger partial charge in [0.25, 0.3) is 0 Å². The predicted octanol–water partition coefficient (Wildman–Crippen LogP) is 0.475. The standard InChI is InChI=1S/C11H14N4O4/c1-2-18-10(16)9-13-8(14-19-9)7-4-3-6-5-15(7)11(17)12-6/h6-7H,2-5H2,1H3,(H,12,17). The molecule has 2 atom stereocenters. The van der Waals surface area contributed by atoms with E-state index < -0.39 is 5.97 Å². The minimum absolute atomic E-state index is 0.116. The number of fused-ring (bicyclic) bond motifs is 2. The monoisotopic (exact) mass is 266 g/mol. The van der Waals surface area contributed by atoms with E-state index in [1.165, 1.54) is 0 Å². The van der Waals surface area contributed by atoms with E-state index in [1.54, 1.807) is 11.8 Å². The smallest absolute Gasteiger partial charge is 0.397 e. The summed E-state index contributed by atoms with van der Waals surface area (Å²) in [6.07, 6.45) is 1.63. The van der Waals surface area contributed by atoms with Gasteiger partial charge in [-0.15, -0.1) is 0 Å². The average Bonchev–Trinajstić information content (AvgIpc) is 2.98. The molecule has 102 valence electrons. The first-order valence-corrected chi connectivity index (χ1v) is 6.27. The maximum atomic E-state index is 11.7. The van der Waals surface area contributed by atoms with E-state index in [2.05, 4.69) is 15.5 Å². The molecule has 8 heteroatoms. The second-order valence-electron chi connectivity index (χ2n) is 4.57. The van der Waals surface area contributed by atoms with E-state index in [9.17, 15) is 9.59 Å². The van der Waals surface area contributed by atoms with Crippen LogP contribution in [0.5, 0.6) is 0 Å². The van der Waals surface area contributed by atoms with Gasteiger partial charge in [-0.1, -0.05) is 5.16 Å². The molecule has 0 radical (unpaired) electrons. The van der Waals surface area contributed by atoms with Crippen molar-refractivity contribution in [3.05, 3.63) is 11.7 Å². The number of esters is 1. The molecule has 2 saturated heterocycles. The fourth-order valence-corrected chi connectivity index (χ4v) is 2.49. The van der Waals surface area contributed by atoms with Gasteiger partial charge < -0.3 is 19.5 Å². The normalized spacial score (nSPS) is 25.3. The number of ether oxygens (including phenoxy) is 1. The van der Waals surface area contributed by atoms with Crippen molar-refractivity contribution in [3.63, 3.8) is 0 Å². The van der Waals surface area contributed by atoms with Crippen molar-refractivity contribution < 1.29 is 18.8 Å². The summed E-state index contributed by atoms with van der Waals surface area (Å²) in [5.41, 5.74) is 0. The summed E-state index contributed by atoms with van der Waals surface area (Å²) >= 11 is 0. The number of piperidine rings is 1. The molecule has 2 bridgehead atoms. The largest absolute Gasteiger partial charge is 0.459 e. The highest BCUT2D eigenvalue weighted by atomic mass is 16.6. The molecule has 8 nitrogen and oxygen atoms in total. The van der Waals surface area contributed by atoms with Crippen LogP contribution in [-0.4, -0.2) is 46.2 Å². The Morgan fingerprint density at radius 3 is 3.21 bits per heavy atom. The molecule has 1 aromatic heterocycles. The maximum absolute atomic E-state index is 11.7. The van der Waals surface area contributed by atoms with Crippen LogP contribution in [-0.2, 0) is 4.74 Å². The van der Waals surface area contributed by atoms with Crippen molar-refractivity contribution in [2.45, 2.75) is 31.8 Å². The number of nitrogens with zero attached hydrogens (tertiary/aromatic N) is 3. The Labute approximate surface area is 109 Å². The molecule has 19 heavy (non-hydrogen) atoms. The van der Waals surface area contributed by atoms with E-state index in [0.717, 1.165) is 12.8 Å². The molecule has 3 heterocycles. The van der Waals surface area contributed by atoms with Crippen LogP contribution < -0.4 is 5.32 Å². The SMILES string of the molecule is CCOC(=O)c1nc(C2CCC3CN2C(=O)N3)no1. The van der Waals surface area contributed by atoms with E-state index >= 15 is 0 Å². The number of carbonyl (C=O) groups excluding carboxylic acids is 2. The zero-order chi connectivity index (χ0) is 13.4. The summed E-state index contributed by atoms with van der Waals surface area (Å²) in [6, 6.07) is -0.138. The summed E-state index contributed by atoms with van der Waals surface area (Å²) < 4.78 is 9.66. The first-order valence-electron chi connectivity index (χ1n) is 6.27. The quantitative estimate of drug-likeness (QED) is 0.799. The summed E-state index contributed by atoms with van der Waals surface area (Å²) in [5.74, 6) is -0.446. The van der Waals surface area contributed by atoms with Crippen molar-refractivity contribution in [1.82, 2.24) is 20.4 Å². The van der Waals surface area contributed by atoms with E-state index in [4.69, 9.17) is 9.26 Å². The van der Waals surface area contributed by atoms with Crippen LogP contribution in [0, 0.1) is 0 Å². The molecule has 1 aromatic rings. The molecule has 2 aliphatic rings. The van der Waals surface area contributed by atoms with Crippen LogP contribution in [0.2, 0.25) is 0 Å². The van der Waals surface area contributed by atoms with Crippen LogP contribution in [0.25, 0.3) is 0 Å². The molecule has 2 amide bonds. The molecule has 2 aliphatic heterocycles. The number of hydrogen-bond donors (Lipinski definition) is 1. The van der Waals surface area contributed by atoms with E-state index in [1.807, 2.05) is 0 Å². The predicted molar refractivity (Wildman–Crippen MR) is 61.3 cm³/mol. The van der Waals surface area contributed by atoms with Crippen LogP contribution in [0.1, 0.15) is 42.3 Å². The highest BCUT2D eigenvalue weighted by Gasteiger charge is 2.41. The molecule has 0 aromatic carbocycles. The zero-order valence-electron chi connectivity index (χ0n) is 10.5. The third-order valence-corrected chi connectivity index (χ3v) is 3.36. The Hall–Kier alpha value is -2.12. The summed E-state index contributed by atoms with van der Waals surface area (Å²) in [5, 5.41) is 6.66. The lowest BCUT2D eigenvalue weighted by molar-refractivity contribution is 0.0470. The number of urea groups is 1. The maximum Gasteiger partial charge on any atom is 0.397 e. The fraction of sp³-hybridized carbons (Fsp3) is 0.636. The molecule has 2 unspecified atom stereocenters. The fourth-order valence-electron chi connectivity index (χ4n) is 2.49. The van der Waals surface area contributed by atoms with Crippen molar-refractivity contribution in [3.8, 4) is 0 Å². The zero-order valence-corrected chi connectivity index (χ0v) is 10.5. The lowest BCUT2D eigenvalue weighted by atomic mass is 10.0. The van der Waals surface area contributed by atoms with Crippen LogP contribution >= 0.6 is 0 Å². The minimum Gasteiger partial charge on any atom is -0.459 e. The molecule has 1 N–H and O–H groups in total. The number of carbonyl (C=O) groups is 2. The average molecular weight is 266 g/mol. The van der Waals surface area contributed by atoms with Crippen LogP contribution in [0.15, 0.2) is 4.52 Å². The second-order valence-corrected chi connectivity index (χ2v) is 4.57. The number of amides is 2. The van der Waals surface area contributed by atoms with Gasteiger partial charge in [-0.2, -0.15) is 4.98 Å². The number of hydrogen-bond acceptors (Lipinski definition) is 6. The number of aromatic nitrogens is 2. The van der Waals surface area contributed by atoms with Crippen LogP contribution in [0.4, 0.5) is 4.79 Å². The van der Waals surface area contributed by atoms with Crippen molar-refractivity contribution in [2.24, 2.45) is 0 Å². The second kappa shape index (κ2) is 4.52. The summed E-state index contributed by atoms with van der Waals surface area (Å²) in [6.45, 7) is 2.59. The molecular weight excluding hydrogens is 252 g/mol. The Bertz CT molecular complexity index is 515. The highest BCUT2D eigenvalue weighted by Crippen LogP contribution is 2.32. The van der Waals surface area contributed by atoms with Crippen molar-refractivity contribution >= 4 is 12.0 Å². The van der Waals surface area contributed by atoms with E-state index in [-0.39, 0.29) is 30.6 Å².